The molecule has 0 unspecified atom stereocenters. The van der Waals surface area contributed by atoms with Crippen LogP contribution in [0.3, 0.4) is 0 Å². The minimum absolute atomic E-state index is 0. The van der Waals surface area contributed by atoms with E-state index in [1.807, 2.05) is 0 Å². The summed E-state index contributed by atoms with van der Waals surface area (Å²) in [6, 6.07) is 5.85. The second-order valence-corrected chi connectivity index (χ2v) is 1.52. The van der Waals surface area contributed by atoms with Crippen LogP contribution in [0.25, 0.3) is 0 Å². The van der Waals surface area contributed by atoms with E-state index in [0.29, 0.717) is 0 Å². The third-order valence-electron chi connectivity index (χ3n) is 0.830. The summed E-state index contributed by atoms with van der Waals surface area (Å²) < 4.78 is 0. The number of benzene rings is 1. The fourth-order valence-corrected chi connectivity index (χ4v) is 0.493. The van der Waals surface area contributed by atoms with Crippen LogP contribution in [0.2, 0.25) is 0 Å². The Hall–Kier alpha value is 0.820. The van der Waals surface area contributed by atoms with E-state index in [1.165, 1.54) is 18.2 Å². The minimum Gasteiger partial charge on any atom is -1.00 e. The zero-order valence-corrected chi connectivity index (χ0v) is 10.2. The number of hydrogen-bond acceptors (Lipinski definition) is 2. The Morgan fingerprint density at radius 3 is 1.60 bits per heavy atom. The first-order valence-corrected chi connectivity index (χ1v) is 2.27. The molecule has 2 nitrogen and oxygen atoms in total. The summed E-state index contributed by atoms with van der Waals surface area (Å²) in [6.07, 6.45) is 0. The van der Waals surface area contributed by atoms with Crippen molar-refractivity contribution in [2.45, 2.75) is 0 Å². The molecule has 0 heterocycles. The smallest absolute Gasteiger partial charge is 1.00 e. The second-order valence-electron chi connectivity index (χ2n) is 1.52. The van der Waals surface area contributed by atoms with Crippen LogP contribution in [0.4, 0.5) is 0 Å². The SMILES string of the molecule is Oc1cccc(O)c1.[H-].[H-].[Na+].[Na+]. The van der Waals surface area contributed by atoms with Gasteiger partial charge in [0.15, 0.2) is 0 Å². The number of phenolic OH excluding ortho intramolecular Hbond substituents is 2. The van der Waals surface area contributed by atoms with Gasteiger partial charge in [0, 0.05) is 6.07 Å². The number of rotatable bonds is 0. The normalized spacial score (nSPS) is 7.20. The van der Waals surface area contributed by atoms with Crippen LogP contribution >= 0.6 is 0 Å². The van der Waals surface area contributed by atoms with Crippen molar-refractivity contribution in [3.8, 4) is 11.5 Å². The van der Waals surface area contributed by atoms with Crippen LogP contribution in [0.1, 0.15) is 2.85 Å². The van der Waals surface area contributed by atoms with Gasteiger partial charge in [-0.25, -0.2) is 0 Å². The van der Waals surface area contributed by atoms with Crippen molar-refractivity contribution in [2.75, 3.05) is 0 Å². The molecule has 0 fully saturated rings. The van der Waals surface area contributed by atoms with Crippen molar-refractivity contribution in [3.05, 3.63) is 24.3 Å². The van der Waals surface area contributed by atoms with Gasteiger partial charge in [0.1, 0.15) is 11.5 Å². The molecule has 1 aromatic carbocycles. The molecule has 0 bridgehead atoms. The van der Waals surface area contributed by atoms with Gasteiger partial charge < -0.3 is 13.1 Å². The molecule has 4 heteroatoms. The van der Waals surface area contributed by atoms with Gasteiger partial charge in [-0.2, -0.15) is 0 Å². The Labute approximate surface area is 107 Å². The molecule has 0 aliphatic heterocycles. The standard InChI is InChI=1S/C6H6O2.2Na.2H/c7-5-2-1-3-6(8)4-5;;;;/h1-4,7-8H;;;;/q;2*+1;2*-1. The molecule has 0 aromatic heterocycles. The fourth-order valence-electron chi connectivity index (χ4n) is 0.493. The zero-order valence-electron chi connectivity index (χ0n) is 8.20. The molecule has 0 aliphatic carbocycles. The first-order chi connectivity index (χ1) is 3.79. The van der Waals surface area contributed by atoms with Gasteiger partial charge in [-0.05, 0) is 12.1 Å². The van der Waals surface area contributed by atoms with Gasteiger partial charge in [0.05, 0.1) is 0 Å². The van der Waals surface area contributed by atoms with Gasteiger partial charge in [0.2, 0.25) is 0 Å². The Morgan fingerprint density at radius 1 is 1.00 bits per heavy atom. The van der Waals surface area contributed by atoms with Gasteiger partial charge in [-0.1, -0.05) is 6.07 Å². The molecule has 0 aliphatic rings. The quantitative estimate of drug-likeness (QED) is 0.373. The fraction of sp³-hybridized carbons (Fsp3) is 0. The molecular weight excluding hydrogens is 150 g/mol. The molecule has 0 spiro atoms. The van der Waals surface area contributed by atoms with E-state index in [0.717, 1.165) is 0 Å². The van der Waals surface area contributed by atoms with Gasteiger partial charge in [-0.3, -0.25) is 0 Å². The molecule has 0 radical (unpaired) electrons. The number of hydrogen-bond donors (Lipinski definition) is 2. The molecule has 0 atom stereocenters. The van der Waals surface area contributed by atoms with E-state index in [4.69, 9.17) is 10.2 Å². The van der Waals surface area contributed by atoms with Crippen LogP contribution in [-0.4, -0.2) is 10.2 Å². The van der Waals surface area contributed by atoms with E-state index in [2.05, 4.69) is 0 Å². The summed E-state index contributed by atoms with van der Waals surface area (Å²) in [5.41, 5.74) is 0. The molecule has 1 rings (SSSR count). The summed E-state index contributed by atoms with van der Waals surface area (Å²) in [5.74, 6) is 0.176. The third kappa shape index (κ3) is 4.61. The largest absolute Gasteiger partial charge is 1.00 e. The Bertz CT molecular complexity index is 181. The average molecular weight is 158 g/mol. The molecule has 0 saturated carbocycles. The van der Waals surface area contributed by atoms with E-state index in [1.54, 1.807) is 6.07 Å². The first-order valence-electron chi connectivity index (χ1n) is 2.27. The predicted molar refractivity (Wildman–Crippen MR) is 32.0 cm³/mol. The van der Waals surface area contributed by atoms with Crippen LogP contribution in [0.15, 0.2) is 24.3 Å². The zero-order chi connectivity index (χ0) is 5.98. The average Bonchev–Trinajstić information content (AvgIpc) is 1.64. The maximum atomic E-state index is 8.65. The molecule has 46 valence electrons. The number of phenols is 2. The third-order valence-corrected chi connectivity index (χ3v) is 0.830. The van der Waals surface area contributed by atoms with Crippen molar-refractivity contribution in [1.29, 1.82) is 0 Å². The van der Waals surface area contributed by atoms with Crippen molar-refractivity contribution in [1.82, 2.24) is 0 Å². The molecular formula is C6H8Na2O2. The summed E-state index contributed by atoms with van der Waals surface area (Å²) in [6.45, 7) is 0. The molecule has 0 amide bonds. The van der Waals surface area contributed by atoms with Gasteiger partial charge >= 0.3 is 59.1 Å². The Kier molecular flexibility index (Phi) is 8.75. The van der Waals surface area contributed by atoms with Crippen molar-refractivity contribution in [3.63, 3.8) is 0 Å². The molecule has 10 heavy (non-hydrogen) atoms. The maximum absolute atomic E-state index is 8.65. The molecule has 0 saturated heterocycles. The maximum Gasteiger partial charge on any atom is 1.00 e. The Morgan fingerprint density at radius 2 is 1.40 bits per heavy atom. The predicted octanol–water partition coefficient (Wildman–Crippen LogP) is -4.67. The first kappa shape index (κ1) is 13.4. The van der Waals surface area contributed by atoms with Crippen LogP contribution in [0.5, 0.6) is 11.5 Å². The van der Waals surface area contributed by atoms with Crippen molar-refractivity contribution >= 4 is 0 Å². The summed E-state index contributed by atoms with van der Waals surface area (Å²) >= 11 is 0. The van der Waals surface area contributed by atoms with Crippen LogP contribution in [-0.2, 0) is 0 Å². The summed E-state index contributed by atoms with van der Waals surface area (Å²) in [5, 5.41) is 17.3. The van der Waals surface area contributed by atoms with E-state index < -0.39 is 0 Å². The monoisotopic (exact) mass is 158 g/mol. The van der Waals surface area contributed by atoms with Crippen LogP contribution in [0, 0.1) is 0 Å². The minimum atomic E-state index is 0. The summed E-state index contributed by atoms with van der Waals surface area (Å²) in [4.78, 5) is 0. The molecule has 2 N–H and O–H groups in total. The van der Waals surface area contributed by atoms with Gasteiger partial charge in [-0.15, -0.1) is 0 Å². The summed E-state index contributed by atoms with van der Waals surface area (Å²) in [7, 11) is 0. The van der Waals surface area contributed by atoms with Crippen molar-refractivity contribution < 1.29 is 72.2 Å². The van der Waals surface area contributed by atoms with E-state index in [-0.39, 0.29) is 73.5 Å². The van der Waals surface area contributed by atoms with Crippen molar-refractivity contribution in [2.24, 2.45) is 0 Å². The van der Waals surface area contributed by atoms with E-state index >= 15 is 0 Å². The molecule has 1 aromatic rings. The van der Waals surface area contributed by atoms with Gasteiger partial charge in [0.25, 0.3) is 0 Å². The Balaban J connectivity index is -0.0000000800. The topological polar surface area (TPSA) is 40.5 Å². The van der Waals surface area contributed by atoms with E-state index in [9.17, 15) is 0 Å². The van der Waals surface area contributed by atoms with Crippen LogP contribution < -0.4 is 59.1 Å². The second kappa shape index (κ2) is 6.53. The number of aromatic hydroxyl groups is 2.